The molecule has 0 aliphatic heterocycles. The van der Waals surface area contributed by atoms with Crippen molar-refractivity contribution in [2.24, 2.45) is 11.8 Å². The van der Waals surface area contributed by atoms with Crippen molar-refractivity contribution in [3.63, 3.8) is 0 Å². The SMILES string of the molecule is CC(C#N)CN(C)C(=O)CC1CCCCC1. The van der Waals surface area contributed by atoms with Gasteiger partial charge in [-0.05, 0) is 25.7 Å². The van der Waals surface area contributed by atoms with Gasteiger partial charge in [-0.2, -0.15) is 5.26 Å². The second-order valence-corrected chi connectivity index (χ2v) is 5.01. The molecule has 0 bridgehead atoms. The summed E-state index contributed by atoms with van der Waals surface area (Å²) in [6.45, 7) is 2.41. The average Bonchev–Trinajstić information content (AvgIpc) is 2.30. The van der Waals surface area contributed by atoms with Crippen molar-refractivity contribution in [1.29, 1.82) is 5.26 Å². The van der Waals surface area contributed by atoms with Crippen LogP contribution in [0.3, 0.4) is 0 Å². The highest BCUT2D eigenvalue weighted by molar-refractivity contribution is 5.76. The first kappa shape index (κ1) is 13.0. The topological polar surface area (TPSA) is 44.1 Å². The minimum absolute atomic E-state index is 0.0692. The zero-order chi connectivity index (χ0) is 12.0. The summed E-state index contributed by atoms with van der Waals surface area (Å²) >= 11 is 0. The van der Waals surface area contributed by atoms with Gasteiger partial charge in [0, 0.05) is 20.0 Å². The molecule has 1 amide bonds. The van der Waals surface area contributed by atoms with E-state index in [4.69, 9.17) is 5.26 Å². The highest BCUT2D eigenvalue weighted by Gasteiger charge is 2.19. The molecule has 1 fully saturated rings. The van der Waals surface area contributed by atoms with Crippen molar-refractivity contribution in [3.05, 3.63) is 0 Å². The van der Waals surface area contributed by atoms with Crippen LogP contribution < -0.4 is 0 Å². The van der Waals surface area contributed by atoms with Crippen molar-refractivity contribution in [3.8, 4) is 6.07 Å². The third kappa shape index (κ3) is 4.22. The molecule has 1 saturated carbocycles. The molecule has 3 nitrogen and oxygen atoms in total. The lowest BCUT2D eigenvalue weighted by Crippen LogP contribution is -2.32. The highest BCUT2D eigenvalue weighted by Crippen LogP contribution is 2.26. The van der Waals surface area contributed by atoms with Gasteiger partial charge in [0.2, 0.25) is 5.91 Å². The maximum absolute atomic E-state index is 11.9. The molecule has 1 unspecified atom stereocenters. The zero-order valence-corrected chi connectivity index (χ0v) is 10.4. The summed E-state index contributed by atoms with van der Waals surface area (Å²) in [4.78, 5) is 13.6. The summed E-state index contributed by atoms with van der Waals surface area (Å²) in [6.07, 6.45) is 6.95. The normalized spacial score (nSPS) is 18.8. The fourth-order valence-electron chi connectivity index (χ4n) is 2.35. The Kier molecular flexibility index (Phi) is 5.31. The van der Waals surface area contributed by atoms with Gasteiger partial charge in [-0.1, -0.05) is 19.3 Å². The summed E-state index contributed by atoms with van der Waals surface area (Å²) < 4.78 is 0. The van der Waals surface area contributed by atoms with Crippen molar-refractivity contribution in [2.45, 2.75) is 45.4 Å². The molecule has 0 aromatic carbocycles. The predicted molar refractivity (Wildman–Crippen MR) is 63.6 cm³/mol. The fraction of sp³-hybridized carbons (Fsp3) is 0.846. The van der Waals surface area contributed by atoms with E-state index < -0.39 is 0 Å². The Labute approximate surface area is 98.4 Å². The van der Waals surface area contributed by atoms with Gasteiger partial charge >= 0.3 is 0 Å². The minimum Gasteiger partial charge on any atom is -0.344 e. The van der Waals surface area contributed by atoms with E-state index in [2.05, 4.69) is 6.07 Å². The molecule has 0 heterocycles. The number of nitriles is 1. The van der Waals surface area contributed by atoms with Crippen LogP contribution in [0.15, 0.2) is 0 Å². The lowest BCUT2D eigenvalue weighted by molar-refractivity contribution is -0.131. The predicted octanol–water partition coefficient (Wildman–Crippen LogP) is 2.57. The smallest absolute Gasteiger partial charge is 0.222 e. The monoisotopic (exact) mass is 222 g/mol. The first-order valence-corrected chi connectivity index (χ1v) is 6.27. The van der Waals surface area contributed by atoms with E-state index in [1.165, 1.54) is 32.1 Å². The first-order chi connectivity index (χ1) is 7.63. The summed E-state index contributed by atoms with van der Waals surface area (Å²) in [6, 6.07) is 2.16. The fourth-order valence-corrected chi connectivity index (χ4v) is 2.35. The van der Waals surface area contributed by atoms with Gasteiger partial charge in [0.15, 0.2) is 0 Å². The molecule has 3 heteroatoms. The Morgan fingerprint density at radius 1 is 1.44 bits per heavy atom. The number of carbonyl (C=O) groups is 1. The molecule has 0 saturated heterocycles. The van der Waals surface area contributed by atoms with E-state index in [0.717, 1.165) is 0 Å². The number of carbonyl (C=O) groups excluding carboxylic acids is 1. The molecule has 1 rings (SSSR count). The van der Waals surface area contributed by atoms with Gasteiger partial charge in [-0.15, -0.1) is 0 Å². The maximum Gasteiger partial charge on any atom is 0.222 e. The van der Waals surface area contributed by atoms with Crippen molar-refractivity contribution in [2.75, 3.05) is 13.6 Å². The Balaban J connectivity index is 2.30. The van der Waals surface area contributed by atoms with Crippen LogP contribution in [0.25, 0.3) is 0 Å². The number of hydrogen-bond donors (Lipinski definition) is 0. The molecule has 90 valence electrons. The van der Waals surface area contributed by atoms with Gasteiger partial charge < -0.3 is 4.90 Å². The van der Waals surface area contributed by atoms with E-state index in [-0.39, 0.29) is 11.8 Å². The van der Waals surface area contributed by atoms with E-state index in [0.29, 0.717) is 18.9 Å². The Hall–Kier alpha value is -1.04. The average molecular weight is 222 g/mol. The third-order valence-electron chi connectivity index (χ3n) is 3.38. The maximum atomic E-state index is 11.9. The Morgan fingerprint density at radius 3 is 2.62 bits per heavy atom. The zero-order valence-electron chi connectivity index (χ0n) is 10.4. The molecule has 0 spiro atoms. The quantitative estimate of drug-likeness (QED) is 0.733. The van der Waals surface area contributed by atoms with E-state index in [1.807, 2.05) is 6.92 Å². The third-order valence-corrected chi connectivity index (χ3v) is 3.38. The van der Waals surface area contributed by atoms with E-state index in [9.17, 15) is 4.79 Å². The van der Waals surface area contributed by atoms with Crippen molar-refractivity contribution < 1.29 is 4.79 Å². The van der Waals surface area contributed by atoms with Crippen LogP contribution >= 0.6 is 0 Å². The molecular weight excluding hydrogens is 200 g/mol. The van der Waals surface area contributed by atoms with Gasteiger partial charge in [0.1, 0.15) is 0 Å². The lowest BCUT2D eigenvalue weighted by atomic mass is 9.86. The number of rotatable bonds is 4. The summed E-state index contributed by atoms with van der Waals surface area (Å²) in [5, 5.41) is 8.70. The van der Waals surface area contributed by atoms with Crippen LogP contribution in [0, 0.1) is 23.2 Å². The summed E-state index contributed by atoms with van der Waals surface area (Å²) in [7, 11) is 1.80. The Bertz CT molecular complexity index is 264. The van der Waals surface area contributed by atoms with E-state index in [1.54, 1.807) is 11.9 Å². The van der Waals surface area contributed by atoms with Crippen LogP contribution in [0.1, 0.15) is 45.4 Å². The van der Waals surface area contributed by atoms with Crippen LogP contribution in [-0.2, 0) is 4.79 Å². The number of nitrogens with zero attached hydrogens (tertiary/aromatic N) is 2. The molecule has 1 aliphatic carbocycles. The van der Waals surface area contributed by atoms with Gasteiger partial charge in [0.25, 0.3) is 0 Å². The molecule has 16 heavy (non-hydrogen) atoms. The standard InChI is InChI=1S/C13H22N2O/c1-11(9-14)10-15(2)13(16)8-12-6-4-3-5-7-12/h11-12H,3-8,10H2,1-2H3. The van der Waals surface area contributed by atoms with Gasteiger partial charge in [-0.3, -0.25) is 4.79 Å². The Morgan fingerprint density at radius 2 is 2.06 bits per heavy atom. The van der Waals surface area contributed by atoms with E-state index >= 15 is 0 Å². The van der Waals surface area contributed by atoms with Gasteiger partial charge in [0.05, 0.1) is 12.0 Å². The van der Waals surface area contributed by atoms with Crippen LogP contribution in [0.5, 0.6) is 0 Å². The summed E-state index contributed by atoms with van der Waals surface area (Å²) in [5.74, 6) is 0.718. The summed E-state index contributed by atoms with van der Waals surface area (Å²) in [5.41, 5.74) is 0. The molecule has 1 atom stereocenters. The van der Waals surface area contributed by atoms with Crippen molar-refractivity contribution in [1.82, 2.24) is 4.90 Å². The first-order valence-electron chi connectivity index (χ1n) is 6.27. The van der Waals surface area contributed by atoms with Gasteiger partial charge in [-0.25, -0.2) is 0 Å². The molecule has 0 aromatic rings. The lowest BCUT2D eigenvalue weighted by Gasteiger charge is -2.24. The molecule has 0 aromatic heterocycles. The largest absolute Gasteiger partial charge is 0.344 e. The second-order valence-electron chi connectivity index (χ2n) is 5.01. The minimum atomic E-state index is -0.0692. The molecule has 0 radical (unpaired) electrons. The number of hydrogen-bond acceptors (Lipinski definition) is 2. The van der Waals surface area contributed by atoms with Crippen LogP contribution in [0.2, 0.25) is 0 Å². The van der Waals surface area contributed by atoms with Crippen LogP contribution in [0.4, 0.5) is 0 Å². The highest BCUT2D eigenvalue weighted by atomic mass is 16.2. The molecule has 1 aliphatic rings. The van der Waals surface area contributed by atoms with Crippen LogP contribution in [-0.4, -0.2) is 24.4 Å². The molecule has 0 N–H and O–H groups in total. The number of amides is 1. The second kappa shape index (κ2) is 6.52. The van der Waals surface area contributed by atoms with Crippen molar-refractivity contribution >= 4 is 5.91 Å². The molecular formula is C13H22N2O.